The van der Waals surface area contributed by atoms with Crippen LogP contribution < -0.4 is 5.56 Å². The highest BCUT2D eigenvalue weighted by Crippen LogP contribution is 2.30. The van der Waals surface area contributed by atoms with E-state index in [2.05, 4.69) is 22.5 Å². The number of rotatable bonds is 1. The summed E-state index contributed by atoms with van der Waals surface area (Å²) in [5.74, 6) is 0. The van der Waals surface area contributed by atoms with Crippen molar-refractivity contribution in [3.63, 3.8) is 0 Å². The Balaban J connectivity index is 3.63. The third kappa shape index (κ3) is 1.74. The van der Waals surface area contributed by atoms with Gasteiger partial charge < -0.3 is 4.98 Å². The summed E-state index contributed by atoms with van der Waals surface area (Å²) in [6.07, 6.45) is 1.84. The van der Waals surface area contributed by atoms with Crippen LogP contribution >= 0.6 is 24.4 Å². The maximum Gasteiger partial charge on any atom is 0.263 e. The monoisotopic (exact) mass is 212 g/mol. The maximum atomic E-state index is 11.3. The summed E-state index contributed by atoms with van der Waals surface area (Å²) in [4.78, 5) is 17.7. The van der Waals surface area contributed by atoms with Gasteiger partial charge in [0, 0.05) is 4.90 Å². The molecular weight excluding hydrogens is 204 g/mol. The molecule has 1 heterocycles. The Labute approximate surface area is 85.8 Å². The number of H-pyrrole nitrogens is 1. The summed E-state index contributed by atoms with van der Waals surface area (Å²) in [6.45, 7) is 8.69. The first-order chi connectivity index (χ1) is 6.11. The highest BCUT2D eigenvalue weighted by atomic mass is 32.2. The van der Waals surface area contributed by atoms with Crippen molar-refractivity contribution in [1.82, 2.24) is 4.98 Å². The van der Waals surface area contributed by atoms with Crippen molar-refractivity contribution in [2.45, 2.75) is 16.8 Å². The molecule has 0 amide bonds. The van der Waals surface area contributed by atoms with E-state index in [1.165, 1.54) is 11.8 Å². The predicted molar refractivity (Wildman–Crippen MR) is 57.1 cm³/mol. The Morgan fingerprint density at radius 1 is 1.62 bits per heavy atom. The molecule has 0 aromatic carbocycles. The smallest absolute Gasteiger partial charge is 0.263 e. The molecule has 0 spiro atoms. The minimum absolute atomic E-state index is 0.155. The van der Waals surface area contributed by atoms with E-state index in [0.717, 1.165) is 5.56 Å². The van der Waals surface area contributed by atoms with E-state index < -0.39 is 0 Å². The first-order valence-electron chi connectivity index (χ1n) is 3.49. The molecule has 0 atom stereocenters. The molecular formula is C8H8N2OS2. The van der Waals surface area contributed by atoms with Crippen molar-refractivity contribution in [3.8, 4) is 0 Å². The van der Waals surface area contributed by atoms with Crippen LogP contribution in [0.5, 0.6) is 0 Å². The molecule has 1 rings (SSSR count). The van der Waals surface area contributed by atoms with Crippen LogP contribution in [0.3, 0.4) is 0 Å². The van der Waals surface area contributed by atoms with E-state index >= 15 is 0 Å². The van der Waals surface area contributed by atoms with Gasteiger partial charge >= 0.3 is 0 Å². The maximum absolute atomic E-state index is 11.3. The topological polar surface area (TPSA) is 37.2 Å². The number of hydrogen-bond donors (Lipinski definition) is 2. The van der Waals surface area contributed by atoms with Crippen molar-refractivity contribution in [2.24, 2.45) is 0 Å². The van der Waals surface area contributed by atoms with E-state index in [0.29, 0.717) is 9.92 Å². The molecule has 0 radical (unpaired) electrons. The average Bonchev–Trinajstić information content (AvgIpc) is 2.10. The molecule has 5 heteroatoms. The average molecular weight is 212 g/mol. The number of thiol groups is 1. The van der Waals surface area contributed by atoms with Gasteiger partial charge in [-0.3, -0.25) is 4.79 Å². The molecule has 1 N–H and O–H groups in total. The lowest BCUT2D eigenvalue weighted by atomic mass is 10.3. The molecule has 0 fully saturated rings. The third-order valence-electron chi connectivity index (χ3n) is 1.67. The number of hydrogen-bond acceptors (Lipinski definition) is 3. The standard InChI is InChI=1S/C8H8N2OS2/c1-4-6(13-3)5(9-2)7(11)10-8(4)12/h1,3H3,(H2,10,11,12). The van der Waals surface area contributed by atoms with Crippen LogP contribution in [-0.2, 0) is 0 Å². The highest BCUT2D eigenvalue weighted by molar-refractivity contribution is 7.98. The highest BCUT2D eigenvalue weighted by Gasteiger charge is 2.11. The van der Waals surface area contributed by atoms with Crippen LogP contribution in [0.25, 0.3) is 4.85 Å². The van der Waals surface area contributed by atoms with Crippen LogP contribution in [0.15, 0.2) is 14.7 Å². The zero-order chi connectivity index (χ0) is 10.0. The van der Waals surface area contributed by atoms with Gasteiger partial charge in [0.1, 0.15) is 0 Å². The van der Waals surface area contributed by atoms with Gasteiger partial charge in [0.2, 0.25) is 0 Å². The van der Waals surface area contributed by atoms with E-state index in [9.17, 15) is 4.79 Å². The SMILES string of the molecule is [C-]#[N+]c1c(SC)c(C)c(S)[nH]c1=O. The number of aromatic amines is 1. The summed E-state index contributed by atoms with van der Waals surface area (Å²) < 4.78 is 0. The van der Waals surface area contributed by atoms with Crippen LogP contribution in [0.4, 0.5) is 5.69 Å². The zero-order valence-electron chi connectivity index (χ0n) is 7.21. The van der Waals surface area contributed by atoms with E-state index in [-0.39, 0.29) is 11.2 Å². The second kappa shape index (κ2) is 3.90. The van der Waals surface area contributed by atoms with Crippen molar-refractivity contribution in [2.75, 3.05) is 6.26 Å². The molecule has 0 bridgehead atoms. The first kappa shape index (κ1) is 10.2. The zero-order valence-corrected chi connectivity index (χ0v) is 8.92. The molecule has 0 saturated carbocycles. The van der Waals surface area contributed by atoms with Crippen molar-refractivity contribution >= 4 is 30.1 Å². The quantitative estimate of drug-likeness (QED) is 0.425. The second-order valence-corrected chi connectivity index (χ2v) is 3.69. The molecule has 0 aliphatic heterocycles. The molecule has 0 aliphatic rings. The summed E-state index contributed by atoms with van der Waals surface area (Å²) in [7, 11) is 0. The Morgan fingerprint density at radius 2 is 2.23 bits per heavy atom. The molecule has 0 aliphatic carbocycles. The van der Waals surface area contributed by atoms with E-state index in [1.54, 1.807) is 0 Å². The summed E-state index contributed by atoms with van der Waals surface area (Å²) >= 11 is 5.50. The van der Waals surface area contributed by atoms with Gasteiger partial charge in [-0.25, -0.2) is 4.85 Å². The fraction of sp³-hybridized carbons (Fsp3) is 0.250. The lowest BCUT2D eigenvalue weighted by Gasteiger charge is -2.06. The molecule has 68 valence electrons. The Morgan fingerprint density at radius 3 is 2.69 bits per heavy atom. The van der Waals surface area contributed by atoms with Crippen LogP contribution in [0, 0.1) is 13.5 Å². The lowest BCUT2D eigenvalue weighted by Crippen LogP contribution is -2.07. The van der Waals surface area contributed by atoms with Gasteiger partial charge in [-0.1, -0.05) is 0 Å². The minimum atomic E-state index is -0.366. The molecule has 0 unspecified atom stereocenters. The van der Waals surface area contributed by atoms with Gasteiger partial charge in [0.05, 0.1) is 11.6 Å². The Bertz CT molecular complexity index is 431. The summed E-state index contributed by atoms with van der Waals surface area (Å²) in [6, 6.07) is 0. The fourth-order valence-corrected chi connectivity index (χ4v) is 2.03. The second-order valence-electron chi connectivity index (χ2n) is 2.42. The third-order valence-corrected chi connectivity index (χ3v) is 3.03. The van der Waals surface area contributed by atoms with Crippen molar-refractivity contribution in [1.29, 1.82) is 0 Å². The fourth-order valence-electron chi connectivity index (χ4n) is 1.00. The molecule has 13 heavy (non-hydrogen) atoms. The van der Waals surface area contributed by atoms with E-state index in [4.69, 9.17) is 6.57 Å². The van der Waals surface area contributed by atoms with Crippen molar-refractivity contribution in [3.05, 3.63) is 27.3 Å². The van der Waals surface area contributed by atoms with Crippen LogP contribution in [0.2, 0.25) is 0 Å². The number of aromatic nitrogens is 1. The van der Waals surface area contributed by atoms with E-state index in [1.807, 2.05) is 13.2 Å². The molecule has 3 nitrogen and oxygen atoms in total. The summed E-state index contributed by atoms with van der Waals surface area (Å²) in [5, 5.41) is 0.529. The van der Waals surface area contributed by atoms with Crippen LogP contribution in [-0.4, -0.2) is 11.2 Å². The van der Waals surface area contributed by atoms with Gasteiger partial charge in [0.15, 0.2) is 0 Å². The van der Waals surface area contributed by atoms with Gasteiger partial charge in [-0.05, 0) is 18.7 Å². The van der Waals surface area contributed by atoms with Gasteiger partial charge in [-0.2, -0.15) is 0 Å². The molecule has 1 aromatic rings. The molecule has 0 saturated heterocycles. The number of nitrogens with zero attached hydrogens (tertiary/aromatic N) is 1. The van der Waals surface area contributed by atoms with Gasteiger partial charge in [-0.15, -0.1) is 24.4 Å². The van der Waals surface area contributed by atoms with Gasteiger partial charge in [0.25, 0.3) is 11.2 Å². The Kier molecular flexibility index (Phi) is 3.07. The van der Waals surface area contributed by atoms with Crippen LogP contribution in [0.1, 0.15) is 5.56 Å². The van der Waals surface area contributed by atoms with Crippen molar-refractivity contribution < 1.29 is 0 Å². The number of nitrogens with one attached hydrogen (secondary N) is 1. The predicted octanol–water partition coefficient (Wildman–Crippen LogP) is 2.24. The minimum Gasteiger partial charge on any atom is -0.326 e. The number of thioether (sulfide) groups is 1. The summed E-state index contributed by atoms with van der Waals surface area (Å²) in [5.41, 5.74) is 0.638. The first-order valence-corrected chi connectivity index (χ1v) is 5.16. The lowest BCUT2D eigenvalue weighted by molar-refractivity contribution is 1.01. The Hall–Kier alpha value is -0.860. The largest absolute Gasteiger partial charge is 0.326 e. The molecule has 1 aromatic heterocycles. The normalized spacial score (nSPS) is 9.69. The number of pyridine rings is 1.